The number of carbonyl (C=O) groups excluding carboxylic acids is 1. The van der Waals surface area contributed by atoms with Gasteiger partial charge in [0.05, 0.1) is 6.61 Å². The fourth-order valence-electron chi connectivity index (χ4n) is 2.37. The highest BCUT2D eigenvalue weighted by molar-refractivity contribution is 7.99. The molecule has 1 saturated carbocycles. The SMILES string of the molecule is CCOC(=O)C(N)(CSc1ccc(C)cc1C)C1CC1. The van der Waals surface area contributed by atoms with Crippen molar-refractivity contribution in [3.8, 4) is 0 Å². The van der Waals surface area contributed by atoms with E-state index in [1.807, 2.05) is 6.92 Å². The Bertz CT molecular complexity index is 499. The number of esters is 1. The standard InChI is InChI=1S/C16H23NO2S/c1-4-19-15(18)16(17,13-6-7-13)10-20-14-8-5-11(2)9-12(14)3/h5,8-9,13H,4,6-7,10,17H2,1-3H3. The fraction of sp³-hybridized carbons (Fsp3) is 0.562. The number of nitrogens with two attached hydrogens (primary N) is 1. The number of aryl methyl sites for hydroxylation is 2. The summed E-state index contributed by atoms with van der Waals surface area (Å²) < 4.78 is 5.17. The molecule has 0 aromatic heterocycles. The molecule has 0 saturated heterocycles. The highest BCUT2D eigenvalue weighted by Crippen LogP contribution is 2.42. The van der Waals surface area contributed by atoms with Crippen molar-refractivity contribution in [2.75, 3.05) is 12.4 Å². The van der Waals surface area contributed by atoms with E-state index in [1.165, 1.54) is 16.0 Å². The number of ether oxygens (including phenoxy) is 1. The van der Waals surface area contributed by atoms with Gasteiger partial charge in [-0.1, -0.05) is 17.7 Å². The monoisotopic (exact) mass is 293 g/mol. The van der Waals surface area contributed by atoms with Crippen molar-refractivity contribution in [3.63, 3.8) is 0 Å². The smallest absolute Gasteiger partial charge is 0.327 e. The molecule has 0 radical (unpaired) electrons. The zero-order chi connectivity index (χ0) is 14.8. The molecule has 1 aliphatic rings. The van der Waals surface area contributed by atoms with Crippen molar-refractivity contribution in [1.29, 1.82) is 0 Å². The molecule has 2 rings (SSSR count). The van der Waals surface area contributed by atoms with Gasteiger partial charge in [-0.2, -0.15) is 0 Å². The van der Waals surface area contributed by atoms with Crippen LogP contribution in [0.15, 0.2) is 23.1 Å². The number of carbonyl (C=O) groups is 1. The molecule has 3 nitrogen and oxygen atoms in total. The normalized spacial score (nSPS) is 17.6. The number of thioether (sulfide) groups is 1. The van der Waals surface area contributed by atoms with Crippen LogP contribution in [0.4, 0.5) is 0 Å². The Hall–Kier alpha value is -1.00. The van der Waals surface area contributed by atoms with Crippen LogP contribution in [0.3, 0.4) is 0 Å². The van der Waals surface area contributed by atoms with Crippen molar-refractivity contribution in [1.82, 2.24) is 0 Å². The van der Waals surface area contributed by atoms with Crippen LogP contribution in [-0.4, -0.2) is 23.9 Å². The Kier molecular flexibility index (Phi) is 4.76. The van der Waals surface area contributed by atoms with Gasteiger partial charge in [-0.3, -0.25) is 4.79 Å². The Morgan fingerprint density at radius 3 is 2.70 bits per heavy atom. The molecule has 0 spiro atoms. The molecule has 1 aliphatic carbocycles. The largest absolute Gasteiger partial charge is 0.465 e. The van der Waals surface area contributed by atoms with E-state index in [-0.39, 0.29) is 11.9 Å². The minimum atomic E-state index is -0.835. The van der Waals surface area contributed by atoms with Crippen LogP contribution < -0.4 is 5.73 Å². The lowest BCUT2D eigenvalue weighted by atomic mass is 9.97. The molecule has 1 aromatic carbocycles. The molecule has 1 atom stereocenters. The molecule has 0 amide bonds. The summed E-state index contributed by atoms with van der Waals surface area (Å²) in [5, 5.41) is 0. The van der Waals surface area contributed by atoms with Crippen LogP contribution in [-0.2, 0) is 9.53 Å². The van der Waals surface area contributed by atoms with Crippen LogP contribution in [0.2, 0.25) is 0 Å². The van der Waals surface area contributed by atoms with Gasteiger partial charge in [0.2, 0.25) is 0 Å². The minimum absolute atomic E-state index is 0.250. The van der Waals surface area contributed by atoms with Crippen molar-refractivity contribution >= 4 is 17.7 Å². The average molecular weight is 293 g/mol. The first kappa shape index (κ1) is 15.4. The first-order valence-electron chi connectivity index (χ1n) is 7.13. The van der Waals surface area contributed by atoms with E-state index < -0.39 is 5.54 Å². The molecule has 1 unspecified atom stereocenters. The first-order valence-corrected chi connectivity index (χ1v) is 8.12. The summed E-state index contributed by atoms with van der Waals surface area (Å²) in [6.45, 7) is 6.38. The molecule has 0 aliphatic heterocycles. The zero-order valence-electron chi connectivity index (χ0n) is 12.4. The van der Waals surface area contributed by atoms with Crippen LogP contribution in [0.1, 0.15) is 30.9 Å². The molecule has 20 heavy (non-hydrogen) atoms. The number of hydrogen-bond donors (Lipinski definition) is 1. The molecule has 0 heterocycles. The predicted octanol–water partition coefficient (Wildman–Crippen LogP) is 3.07. The van der Waals surface area contributed by atoms with E-state index in [4.69, 9.17) is 10.5 Å². The van der Waals surface area contributed by atoms with Gasteiger partial charge in [0.1, 0.15) is 5.54 Å². The van der Waals surface area contributed by atoms with Crippen molar-refractivity contribution in [3.05, 3.63) is 29.3 Å². The van der Waals surface area contributed by atoms with Gasteiger partial charge in [0, 0.05) is 10.6 Å². The van der Waals surface area contributed by atoms with Gasteiger partial charge >= 0.3 is 5.97 Å². The Morgan fingerprint density at radius 1 is 1.45 bits per heavy atom. The van der Waals surface area contributed by atoms with Crippen LogP contribution in [0.5, 0.6) is 0 Å². The van der Waals surface area contributed by atoms with E-state index >= 15 is 0 Å². The molecule has 4 heteroatoms. The Labute approximate surface area is 125 Å². The second-order valence-electron chi connectivity index (χ2n) is 5.59. The summed E-state index contributed by atoms with van der Waals surface area (Å²) in [5.74, 6) is 0.611. The van der Waals surface area contributed by atoms with Gasteiger partial charge in [-0.25, -0.2) is 0 Å². The second-order valence-corrected chi connectivity index (χ2v) is 6.61. The Morgan fingerprint density at radius 2 is 2.15 bits per heavy atom. The molecular formula is C16H23NO2S. The fourth-order valence-corrected chi connectivity index (χ4v) is 3.56. The Balaban J connectivity index is 2.07. The maximum absolute atomic E-state index is 12.1. The van der Waals surface area contributed by atoms with Crippen molar-refractivity contribution in [2.45, 2.75) is 44.0 Å². The van der Waals surface area contributed by atoms with Crippen LogP contribution in [0, 0.1) is 19.8 Å². The number of hydrogen-bond acceptors (Lipinski definition) is 4. The lowest BCUT2D eigenvalue weighted by Crippen LogP contribution is -2.53. The predicted molar refractivity (Wildman–Crippen MR) is 82.9 cm³/mol. The van der Waals surface area contributed by atoms with Gasteiger partial charge in [-0.15, -0.1) is 11.8 Å². The molecule has 1 aromatic rings. The number of rotatable bonds is 6. The van der Waals surface area contributed by atoms with Gasteiger partial charge < -0.3 is 10.5 Å². The maximum Gasteiger partial charge on any atom is 0.327 e. The first-order chi connectivity index (χ1) is 9.47. The minimum Gasteiger partial charge on any atom is -0.465 e. The highest BCUT2D eigenvalue weighted by atomic mass is 32.2. The second kappa shape index (κ2) is 6.19. The summed E-state index contributed by atoms with van der Waals surface area (Å²) in [6.07, 6.45) is 2.06. The summed E-state index contributed by atoms with van der Waals surface area (Å²) in [6, 6.07) is 6.35. The quantitative estimate of drug-likeness (QED) is 0.647. The highest BCUT2D eigenvalue weighted by Gasteiger charge is 2.49. The number of benzene rings is 1. The van der Waals surface area contributed by atoms with Gasteiger partial charge in [0.25, 0.3) is 0 Å². The average Bonchev–Trinajstić information content (AvgIpc) is 3.22. The lowest BCUT2D eigenvalue weighted by molar-refractivity contribution is -0.149. The molecule has 0 bridgehead atoms. The molecule has 2 N–H and O–H groups in total. The van der Waals surface area contributed by atoms with E-state index in [9.17, 15) is 4.79 Å². The van der Waals surface area contributed by atoms with E-state index in [2.05, 4.69) is 32.0 Å². The van der Waals surface area contributed by atoms with Crippen LogP contribution >= 0.6 is 11.8 Å². The van der Waals surface area contributed by atoms with Gasteiger partial charge in [-0.05, 0) is 51.2 Å². The van der Waals surface area contributed by atoms with E-state index in [0.29, 0.717) is 12.4 Å². The molecule has 1 fully saturated rings. The summed E-state index contributed by atoms with van der Waals surface area (Å²) >= 11 is 1.66. The van der Waals surface area contributed by atoms with Gasteiger partial charge in [0.15, 0.2) is 0 Å². The summed E-state index contributed by atoms with van der Waals surface area (Å²) in [4.78, 5) is 13.3. The van der Waals surface area contributed by atoms with Crippen LogP contribution in [0.25, 0.3) is 0 Å². The third-order valence-electron chi connectivity index (χ3n) is 3.76. The van der Waals surface area contributed by atoms with E-state index in [1.54, 1.807) is 11.8 Å². The third kappa shape index (κ3) is 3.36. The molecule has 110 valence electrons. The van der Waals surface area contributed by atoms with Crippen molar-refractivity contribution in [2.24, 2.45) is 11.7 Å². The summed E-state index contributed by atoms with van der Waals surface area (Å²) in [7, 11) is 0. The summed E-state index contributed by atoms with van der Waals surface area (Å²) in [5.41, 5.74) is 8.01. The van der Waals surface area contributed by atoms with E-state index in [0.717, 1.165) is 12.8 Å². The lowest BCUT2D eigenvalue weighted by Gasteiger charge is -2.26. The topological polar surface area (TPSA) is 52.3 Å². The van der Waals surface area contributed by atoms with Crippen molar-refractivity contribution < 1.29 is 9.53 Å². The third-order valence-corrected chi connectivity index (χ3v) is 5.15. The maximum atomic E-state index is 12.1. The molecular weight excluding hydrogens is 270 g/mol. The zero-order valence-corrected chi connectivity index (χ0v) is 13.3.